The van der Waals surface area contributed by atoms with Crippen molar-refractivity contribution in [1.29, 1.82) is 0 Å². The molecule has 2 N–H and O–H groups in total. The smallest absolute Gasteiger partial charge is 0.375 e. The summed E-state index contributed by atoms with van der Waals surface area (Å²) in [5, 5.41) is 5.39. The van der Waals surface area contributed by atoms with Crippen molar-refractivity contribution in [3.8, 4) is 0 Å². The van der Waals surface area contributed by atoms with Crippen LogP contribution in [0.5, 0.6) is 0 Å². The molecular weight excluding hydrogens is 309 g/mol. The van der Waals surface area contributed by atoms with E-state index in [2.05, 4.69) is 10.6 Å². The Balaban J connectivity index is 2.01. The van der Waals surface area contributed by atoms with Crippen LogP contribution in [0.15, 0.2) is 18.2 Å². The van der Waals surface area contributed by atoms with Crippen molar-refractivity contribution in [3.05, 3.63) is 28.8 Å². The summed E-state index contributed by atoms with van der Waals surface area (Å²) in [6.45, 7) is 1.77. The van der Waals surface area contributed by atoms with Gasteiger partial charge < -0.3 is 15.4 Å². The Kier molecular flexibility index (Phi) is 5.08. The molecule has 0 bridgehead atoms. The largest absolute Gasteiger partial charge is 0.416 e. The van der Waals surface area contributed by atoms with Crippen LogP contribution in [0.1, 0.15) is 12.0 Å². The predicted molar refractivity (Wildman–Crippen MR) is 72.3 cm³/mol. The van der Waals surface area contributed by atoms with Gasteiger partial charge in [-0.15, -0.1) is 0 Å². The molecule has 1 amide bonds. The normalized spacial score (nSPS) is 19.3. The summed E-state index contributed by atoms with van der Waals surface area (Å²) in [4.78, 5) is 11.8. The number of amides is 1. The highest BCUT2D eigenvalue weighted by Crippen LogP contribution is 2.33. The Hall–Kier alpha value is -1.31. The van der Waals surface area contributed by atoms with E-state index in [9.17, 15) is 18.0 Å². The molecule has 1 saturated heterocycles. The fourth-order valence-corrected chi connectivity index (χ4v) is 2.23. The number of carbonyl (C=O) groups is 1. The zero-order chi connectivity index (χ0) is 15.5. The summed E-state index contributed by atoms with van der Waals surface area (Å²) >= 11 is 5.65. The van der Waals surface area contributed by atoms with Crippen LogP contribution in [0.25, 0.3) is 0 Å². The van der Waals surface area contributed by atoms with Crippen LogP contribution in [0.3, 0.4) is 0 Å². The molecular formula is C13H14ClF3N2O2. The summed E-state index contributed by atoms with van der Waals surface area (Å²) in [5.74, 6) is -0.418. The van der Waals surface area contributed by atoms with Crippen LogP contribution in [0, 0.1) is 0 Å². The lowest BCUT2D eigenvalue weighted by Gasteiger charge is -2.23. The SMILES string of the molecule is O=C(CC1CNCCO1)Nc1cc(Cl)cc(C(F)(F)F)c1. The van der Waals surface area contributed by atoms with Gasteiger partial charge in [-0.3, -0.25) is 4.79 Å². The average molecular weight is 323 g/mol. The van der Waals surface area contributed by atoms with E-state index in [0.29, 0.717) is 13.2 Å². The molecule has 0 aliphatic carbocycles. The second-order valence-electron chi connectivity index (χ2n) is 4.68. The van der Waals surface area contributed by atoms with E-state index in [0.717, 1.165) is 18.7 Å². The molecule has 2 rings (SSSR count). The van der Waals surface area contributed by atoms with E-state index in [4.69, 9.17) is 16.3 Å². The fourth-order valence-electron chi connectivity index (χ4n) is 2.00. The number of benzene rings is 1. The first-order valence-corrected chi connectivity index (χ1v) is 6.72. The number of ether oxygens (including phenoxy) is 1. The number of rotatable bonds is 3. The lowest BCUT2D eigenvalue weighted by Crippen LogP contribution is -2.40. The highest BCUT2D eigenvalue weighted by molar-refractivity contribution is 6.31. The minimum absolute atomic E-state index is 0.0172. The number of halogens is 4. The summed E-state index contributed by atoms with van der Waals surface area (Å²) in [6, 6.07) is 2.93. The van der Waals surface area contributed by atoms with Crippen molar-refractivity contribution in [3.63, 3.8) is 0 Å². The first-order valence-electron chi connectivity index (χ1n) is 6.34. The second kappa shape index (κ2) is 6.64. The fraction of sp³-hybridized carbons (Fsp3) is 0.462. The quantitative estimate of drug-likeness (QED) is 0.899. The van der Waals surface area contributed by atoms with Crippen LogP contribution in [-0.4, -0.2) is 31.7 Å². The molecule has 0 spiro atoms. The molecule has 4 nitrogen and oxygen atoms in total. The highest BCUT2D eigenvalue weighted by Gasteiger charge is 2.31. The molecule has 1 fully saturated rings. The molecule has 1 aromatic carbocycles. The maximum atomic E-state index is 12.7. The number of alkyl halides is 3. The van der Waals surface area contributed by atoms with Crippen LogP contribution < -0.4 is 10.6 Å². The standard InChI is InChI=1S/C13H14ClF3N2O2/c14-9-3-8(13(15,16)17)4-10(5-9)19-12(20)6-11-7-18-1-2-21-11/h3-5,11,18H,1-2,6-7H2,(H,19,20). The van der Waals surface area contributed by atoms with Gasteiger partial charge in [-0.2, -0.15) is 13.2 Å². The van der Waals surface area contributed by atoms with Gasteiger partial charge in [0.1, 0.15) is 0 Å². The molecule has 8 heteroatoms. The highest BCUT2D eigenvalue weighted by atomic mass is 35.5. The Bertz CT molecular complexity index is 517. The maximum Gasteiger partial charge on any atom is 0.416 e. The minimum Gasteiger partial charge on any atom is -0.375 e. The molecule has 0 aromatic heterocycles. The van der Waals surface area contributed by atoms with Gasteiger partial charge in [-0.05, 0) is 18.2 Å². The van der Waals surface area contributed by atoms with Gasteiger partial charge in [0.15, 0.2) is 0 Å². The third kappa shape index (κ3) is 4.87. The minimum atomic E-state index is -4.51. The third-order valence-corrected chi connectivity index (χ3v) is 3.14. The van der Waals surface area contributed by atoms with Gasteiger partial charge in [0.2, 0.25) is 5.91 Å². The lowest BCUT2D eigenvalue weighted by molar-refractivity contribution is -0.137. The van der Waals surface area contributed by atoms with Crippen LogP contribution in [0.4, 0.5) is 18.9 Å². The molecule has 1 unspecified atom stereocenters. The van der Waals surface area contributed by atoms with E-state index in [-0.39, 0.29) is 23.2 Å². The van der Waals surface area contributed by atoms with Gasteiger partial charge in [-0.25, -0.2) is 0 Å². The Morgan fingerprint density at radius 3 is 2.81 bits per heavy atom. The molecule has 116 valence electrons. The molecule has 21 heavy (non-hydrogen) atoms. The van der Waals surface area contributed by atoms with Gasteiger partial charge in [0, 0.05) is 23.8 Å². The van der Waals surface area contributed by atoms with Crippen LogP contribution in [-0.2, 0) is 15.7 Å². The molecule has 1 heterocycles. The number of nitrogens with one attached hydrogen (secondary N) is 2. The summed E-state index contributed by atoms with van der Waals surface area (Å²) in [6.07, 6.45) is -4.72. The number of hydrogen-bond acceptors (Lipinski definition) is 3. The monoisotopic (exact) mass is 322 g/mol. The van der Waals surface area contributed by atoms with Gasteiger partial charge in [0.25, 0.3) is 0 Å². The van der Waals surface area contributed by atoms with Crippen molar-refractivity contribution in [2.24, 2.45) is 0 Å². The molecule has 1 aromatic rings. The van der Waals surface area contributed by atoms with E-state index in [1.807, 2.05) is 0 Å². The number of morpholine rings is 1. The zero-order valence-electron chi connectivity index (χ0n) is 11.0. The average Bonchev–Trinajstić information content (AvgIpc) is 2.37. The van der Waals surface area contributed by atoms with Crippen molar-refractivity contribution in [2.75, 3.05) is 25.0 Å². The third-order valence-electron chi connectivity index (χ3n) is 2.93. The Morgan fingerprint density at radius 1 is 1.43 bits per heavy atom. The van der Waals surface area contributed by atoms with Crippen molar-refractivity contribution < 1.29 is 22.7 Å². The summed E-state index contributed by atoms with van der Waals surface area (Å²) in [5.41, 5.74) is -0.885. The maximum absolute atomic E-state index is 12.7. The number of carbonyl (C=O) groups excluding carboxylic acids is 1. The van der Waals surface area contributed by atoms with E-state index in [1.165, 1.54) is 6.07 Å². The Morgan fingerprint density at radius 2 is 2.19 bits per heavy atom. The first-order chi connectivity index (χ1) is 9.84. The predicted octanol–water partition coefficient (Wildman–Crippen LogP) is 2.68. The molecule has 1 aliphatic rings. The second-order valence-corrected chi connectivity index (χ2v) is 5.11. The topological polar surface area (TPSA) is 50.4 Å². The van der Waals surface area contributed by atoms with E-state index in [1.54, 1.807) is 0 Å². The summed E-state index contributed by atoms with van der Waals surface area (Å²) < 4.78 is 43.3. The molecule has 0 radical (unpaired) electrons. The Labute approximate surface area is 124 Å². The van der Waals surface area contributed by atoms with Gasteiger partial charge in [-0.1, -0.05) is 11.6 Å². The van der Waals surface area contributed by atoms with E-state index >= 15 is 0 Å². The van der Waals surface area contributed by atoms with Crippen LogP contribution >= 0.6 is 11.6 Å². The summed E-state index contributed by atoms with van der Waals surface area (Å²) in [7, 11) is 0. The van der Waals surface area contributed by atoms with E-state index < -0.39 is 17.6 Å². The van der Waals surface area contributed by atoms with Crippen molar-refractivity contribution in [1.82, 2.24) is 5.32 Å². The zero-order valence-corrected chi connectivity index (χ0v) is 11.7. The van der Waals surface area contributed by atoms with Crippen molar-refractivity contribution >= 4 is 23.2 Å². The van der Waals surface area contributed by atoms with Crippen molar-refractivity contribution in [2.45, 2.75) is 18.7 Å². The lowest BCUT2D eigenvalue weighted by atomic mass is 10.1. The number of hydrogen-bond donors (Lipinski definition) is 2. The molecule has 0 saturated carbocycles. The van der Waals surface area contributed by atoms with Gasteiger partial charge >= 0.3 is 6.18 Å². The van der Waals surface area contributed by atoms with Crippen LogP contribution in [0.2, 0.25) is 5.02 Å². The van der Waals surface area contributed by atoms with Gasteiger partial charge in [0.05, 0.1) is 24.7 Å². The molecule has 1 atom stereocenters. The number of anilines is 1. The molecule has 1 aliphatic heterocycles. The first kappa shape index (κ1) is 16.1.